The van der Waals surface area contributed by atoms with Gasteiger partial charge in [0.1, 0.15) is 0 Å². The summed E-state index contributed by atoms with van der Waals surface area (Å²) in [6.07, 6.45) is 0. The lowest BCUT2D eigenvalue weighted by atomic mass is 10.3. The number of hydrazine groups is 1. The number of rotatable bonds is 3. The topological polar surface area (TPSA) is 71.2 Å². The van der Waals surface area contributed by atoms with Crippen molar-refractivity contribution < 1.29 is 4.79 Å². The Balaban J connectivity index is 2.70. The molecule has 0 aliphatic carbocycles. The highest BCUT2D eigenvalue weighted by Crippen LogP contribution is 2.03. The zero-order chi connectivity index (χ0) is 11.3. The van der Waals surface area contributed by atoms with Gasteiger partial charge in [-0.3, -0.25) is 10.4 Å². The monoisotopic (exact) mass is 208 g/mol. The molecule has 0 aliphatic heterocycles. The summed E-state index contributed by atoms with van der Waals surface area (Å²) in [7, 11) is 0. The van der Waals surface area contributed by atoms with Crippen molar-refractivity contribution in [3.8, 4) is 0 Å². The highest BCUT2D eigenvalue weighted by molar-refractivity contribution is 5.73. The molecule has 0 saturated carbocycles. The van der Waals surface area contributed by atoms with E-state index >= 15 is 0 Å². The lowest BCUT2D eigenvalue weighted by molar-refractivity contribution is 0.197. The molecule has 5 nitrogen and oxygen atoms in total. The quantitative estimate of drug-likeness (QED) is 0.438. The minimum atomic E-state index is -0.291. The molecule has 0 bridgehead atoms. The Morgan fingerprint density at radius 2 is 2.33 bits per heavy atom. The number of nitrogens with two attached hydrogens (primary N) is 1. The summed E-state index contributed by atoms with van der Waals surface area (Å²) in [6, 6.07) is 5.44. The van der Waals surface area contributed by atoms with Crippen molar-refractivity contribution in [2.45, 2.75) is 20.4 Å². The second kappa shape index (κ2) is 5.31. The standard InChI is InChI=1S/C10H16N4O/c1-3-14(10(15)13-11)7-9-6-4-5-8(2)12-9/h4-6H,3,7,11H2,1-2H3,(H,13,15). The number of aromatic nitrogens is 1. The van der Waals surface area contributed by atoms with Gasteiger partial charge in [0.15, 0.2) is 0 Å². The third-order valence-corrected chi connectivity index (χ3v) is 2.09. The smallest absolute Gasteiger partial charge is 0.318 e. The van der Waals surface area contributed by atoms with Crippen molar-refractivity contribution in [3.05, 3.63) is 29.6 Å². The number of carbonyl (C=O) groups excluding carboxylic acids is 1. The molecule has 0 aromatic carbocycles. The van der Waals surface area contributed by atoms with Crippen LogP contribution in [-0.4, -0.2) is 22.5 Å². The van der Waals surface area contributed by atoms with Crippen LogP contribution in [0.25, 0.3) is 0 Å². The van der Waals surface area contributed by atoms with Gasteiger partial charge < -0.3 is 4.90 Å². The number of aryl methyl sites for hydroxylation is 1. The molecule has 1 rings (SSSR count). The van der Waals surface area contributed by atoms with Crippen LogP contribution in [0.3, 0.4) is 0 Å². The van der Waals surface area contributed by atoms with Gasteiger partial charge in [-0.25, -0.2) is 10.6 Å². The zero-order valence-electron chi connectivity index (χ0n) is 9.03. The van der Waals surface area contributed by atoms with Gasteiger partial charge in [0.2, 0.25) is 0 Å². The van der Waals surface area contributed by atoms with Crippen molar-refractivity contribution in [1.82, 2.24) is 15.3 Å². The molecule has 82 valence electrons. The lowest BCUT2D eigenvalue weighted by Gasteiger charge is -2.19. The second-order valence-corrected chi connectivity index (χ2v) is 3.23. The molecule has 0 spiro atoms. The lowest BCUT2D eigenvalue weighted by Crippen LogP contribution is -2.42. The maximum Gasteiger partial charge on any atom is 0.331 e. The number of pyridine rings is 1. The molecule has 3 N–H and O–H groups in total. The molecule has 1 heterocycles. The molecule has 1 aromatic rings. The van der Waals surface area contributed by atoms with Gasteiger partial charge in [-0.1, -0.05) is 6.07 Å². The van der Waals surface area contributed by atoms with Crippen LogP contribution in [0.5, 0.6) is 0 Å². The van der Waals surface area contributed by atoms with E-state index in [1.165, 1.54) is 0 Å². The first-order chi connectivity index (χ1) is 7.17. The van der Waals surface area contributed by atoms with E-state index in [2.05, 4.69) is 10.4 Å². The normalized spacial score (nSPS) is 9.80. The van der Waals surface area contributed by atoms with E-state index in [-0.39, 0.29) is 6.03 Å². The van der Waals surface area contributed by atoms with Gasteiger partial charge in [-0.05, 0) is 26.0 Å². The van der Waals surface area contributed by atoms with Crippen molar-refractivity contribution in [2.75, 3.05) is 6.54 Å². The van der Waals surface area contributed by atoms with Gasteiger partial charge in [0.25, 0.3) is 0 Å². The Morgan fingerprint density at radius 1 is 1.60 bits per heavy atom. The van der Waals surface area contributed by atoms with Crippen LogP contribution in [0.1, 0.15) is 18.3 Å². The number of carbonyl (C=O) groups is 1. The van der Waals surface area contributed by atoms with Crippen molar-refractivity contribution in [1.29, 1.82) is 0 Å². The fourth-order valence-electron chi connectivity index (χ4n) is 1.30. The average Bonchev–Trinajstić information content (AvgIpc) is 2.25. The molecule has 15 heavy (non-hydrogen) atoms. The van der Waals surface area contributed by atoms with Crippen LogP contribution in [0.4, 0.5) is 4.79 Å². The minimum absolute atomic E-state index is 0.291. The third kappa shape index (κ3) is 3.21. The molecule has 0 fully saturated rings. The molecular formula is C10H16N4O. The summed E-state index contributed by atoms with van der Waals surface area (Å²) in [5, 5.41) is 0. The molecule has 0 radical (unpaired) electrons. The van der Waals surface area contributed by atoms with E-state index in [1.54, 1.807) is 4.90 Å². The maximum absolute atomic E-state index is 11.3. The Hall–Kier alpha value is -1.62. The second-order valence-electron chi connectivity index (χ2n) is 3.23. The van der Waals surface area contributed by atoms with Gasteiger partial charge in [0, 0.05) is 12.2 Å². The first kappa shape index (κ1) is 11.5. The van der Waals surface area contributed by atoms with Crippen LogP contribution in [0.15, 0.2) is 18.2 Å². The Morgan fingerprint density at radius 3 is 2.87 bits per heavy atom. The molecule has 0 saturated heterocycles. The molecule has 0 aliphatic rings. The van der Waals surface area contributed by atoms with Crippen LogP contribution < -0.4 is 11.3 Å². The predicted octanol–water partition coefficient (Wildman–Crippen LogP) is 0.795. The van der Waals surface area contributed by atoms with Crippen LogP contribution in [-0.2, 0) is 6.54 Å². The van der Waals surface area contributed by atoms with E-state index in [9.17, 15) is 4.79 Å². The largest absolute Gasteiger partial charge is 0.331 e. The molecular weight excluding hydrogens is 192 g/mol. The number of amides is 2. The molecule has 0 atom stereocenters. The van der Waals surface area contributed by atoms with Crippen LogP contribution in [0.2, 0.25) is 0 Å². The average molecular weight is 208 g/mol. The van der Waals surface area contributed by atoms with E-state index in [0.29, 0.717) is 13.1 Å². The van der Waals surface area contributed by atoms with Crippen LogP contribution in [0, 0.1) is 6.92 Å². The first-order valence-corrected chi connectivity index (χ1v) is 4.85. The van der Waals surface area contributed by atoms with Crippen molar-refractivity contribution in [2.24, 2.45) is 5.84 Å². The summed E-state index contributed by atoms with van der Waals surface area (Å²) < 4.78 is 0. The summed E-state index contributed by atoms with van der Waals surface area (Å²) >= 11 is 0. The fraction of sp³-hybridized carbons (Fsp3) is 0.400. The van der Waals surface area contributed by atoms with E-state index in [4.69, 9.17) is 5.84 Å². The van der Waals surface area contributed by atoms with Gasteiger partial charge in [-0.15, -0.1) is 0 Å². The Bertz CT molecular complexity index is 340. The highest BCUT2D eigenvalue weighted by atomic mass is 16.2. The number of hydrogen-bond donors (Lipinski definition) is 2. The number of nitrogens with one attached hydrogen (secondary N) is 1. The summed E-state index contributed by atoms with van der Waals surface area (Å²) in [4.78, 5) is 17.2. The van der Waals surface area contributed by atoms with Gasteiger partial charge >= 0.3 is 6.03 Å². The fourth-order valence-corrected chi connectivity index (χ4v) is 1.30. The number of urea groups is 1. The van der Waals surface area contributed by atoms with Gasteiger partial charge in [0.05, 0.1) is 12.2 Å². The summed E-state index contributed by atoms with van der Waals surface area (Å²) in [5.41, 5.74) is 3.91. The van der Waals surface area contributed by atoms with Gasteiger partial charge in [-0.2, -0.15) is 0 Å². The Labute approximate surface area is 89.3 Å². The minimum Gasteiger partial charge on any atom is -0.318 e. The maximum atomic E-state index is 11.3. The van der Waals surface area contributed by atoms with E-state index in [1.807, 2.05) is 32.0 Å². The predicted molar refractivity (Wildman–Crippen MR) is 57.8 cm³/mol. The molecule has 2 amide bonds. The van der Waals surface area contributed by atoms with E-state index in [0.717, 1.165) is 11.4 Å². The highest BCUT2D eigenvalue weighted by Gasteiger charge is 2.10. The third-order valence-electron chi connectivity index (χ3n) is 2.09. The summed E-state index contributed by atoms with van der Waals surface area (Å²) in [5.74, 6) is 5.07. The van der Waals surface area contributed by atoms with E-state index < -0.39 is 0 Å². The number of nitrogens with zero attached hydrogens (tertiary/aromatic N) is 2. The number of hydrogen-bond acceptors (Lipinski definition) is 3. The van der Waals surface area contributed by atoms with Crippen molar-refractivity contribution in [3.63, 3.8) is 0 Å². The Kier molecular flexibility index (Phi) is 4.05. The van der Waals surface area contributed by atoms with Crippen molar-refractivity contribution >= 4 is 6.03 Å². The van der Waals surface area contributed by atoms with Crippen LogP contribution >= 0.6 is 0 Å². The first-order valence-electron chi connectivity index (χ1n) is 4.85. The molecule has 1 aromatic heterocycles. The SMILES string of the molecule is CCN(Cc1cccc(C)n1)C(=O)NN. The zero-order valence-corrected chi connectivity index (χ0v) is 9.03. The molecule has 5 heteroatoms. The summed E-state index contributed by atoms with van der Waals surface area (Å²) in [6.45, 7) is 4.88. The molecule has 0 unspecified atom stereocenters.